The van der Waals surface area contributed by atoms with Gasteiger partial charge in [0.1, 0.15) is 0 Å². The van der Waals surface area contributed by atoms with Crippen molar-refractivity contribution < 1.29 is 0 Å². The van der Waals surface area contributed by atoms with Gasteiger partial charge in [0.2, 0.25) is 0 Å². The van der Waals surface area contributed by atoms with Gasteiger partial charge in [0.05, 0.1) is 0 Å². The van der Waals surface area contributed by atoms with E-state index in [4.69, 9.17) is 0 Å². The topological polar surface area (TPSA) is 12.9 Å². The lowest BCUT2D eigenvalue weighted by molar-refractivity contribution is 1.30. The Bertz CT molecular complexity index is 258. The Labute approximate surface area is 72.3 Å². The number of pyridine rings is 1. The molecule has 0 spiro atoms. The Kier molecular flexibility index (Phi) is 3.57. The van der Waals surface area contributed by atoms with Gasteiger partial charge in [-0.1, -0.05) is 11.8 Å². The summed E-state index contributed by atoms with van der Waals surface area (Å²) in [5, 5.41) is 0. The summed E-state index contributed by atoms with van der Waals surface area (Å²) in [7, 11) is 0. The van der Waals surface area contributed by atoms with Crippen LogP contribution in [0.3, 0.4) is 0 Å². The molecule has 0 atom stereocenters. The zero-order valence-electron chi connectivity index (χ0n) is 6.12. The predicted octanol–water partition coefficient (Wildman–Crippen LogP) is 1.75. The number of hydrogen-bond acceptors (Lipinski definition) is 2. The molecule has 11 heavy (non-hydrogen) atoms. The van der Waals surface area contributed by atoms with Crippen molar-refractivity contribution in [2.24, 2.45) is 0 Å². The lowest BCUT2D eigenvalue weighted by atomic mass is 10.3. The number of hydrogen-bond donors (Lipinski definition) is 1. The zero-order chi connectivity index (χ0) is 7.94. The summed E-state index contributed by atoms with van der Waals surface area (Å²) < 4.78 is 0. The monoisotopic (exact) mass is 163 g/mol. The highest BCUT2D eigenvalue weighted by molar-refractivity contribution is 7.80. The smallest absolute Gasteiger partial charge is 0.0280 e. The fourth-order valence-electron chi connectivity index (χ4n) is 0.656. The van der Waals surface area contributed by atoms with Gasteiger partial charge in [-0.2, -0.15) is 12.6 Å². The lowest BCUT2D eigenvalue weighted by Crippen LogP contribution is -1.74. The Morgan fingerprint density at radius 1 is 1.36 bits per heavy atom. The van der Waals surface area contributed by atoms with Crippen molar-refractivity contribution in [3.63, 3.8) is 0 Å². The molecule has 0 saturated carbocycles. The molecule has 0 aromatic carbocycles. The standard InChI is InChI=1S/C9H9NS/c11-8-2-1-3-9-4-6-10-7-5-9/h4-7,11H,2,8H2. The van der Waals surface area contributed by atoms with E-state index in [1.165, 1.54) is 0 Å². The van der Waals surface area contributed by atoms with E-state index in [0.717, 1.165) is 17.7 Å². The van der Waals surface area contributed by atoms with Gasteiger partial charge in [-0.15, -0.1) is 0 Å². The number of rotatable bonds is 1. The van der Waals surface area contributed by atoms with Crippen molar-refractivity contribution in [2.45, 2.75) is 6.42 Å². The third-order valence-corrected chi connectivity index (χ3v) is 1.37. The summed E-state index contributed by atoms with van der Waals surface area (Å²) in [6.07, 6.45) is 4.32. The molecule has 1 aromatic rings. The minimum Gasteiger partial charge on any atom is -0.265 e. The van der Waals surface area contributed by atoms with Crippen LogP contribution in [0.15, 0.2) is 24.5 Å². The van der Waals surface area contributed by atoms with E-state index in [-0.39, 0.29) is 0 Å². The Balaban J connectivity index is 2.59. The minimum atomic E-state index is 0.818. The number of thiol groups is 1. The molecule has 0 unspecified atom stereocenters. The summed E-state index contributed by atoms with van der Waals surface area (Å²) in [6.45, 7) is 0. The summed E-state index contributed by atoms with van der Waals surface area (Å²) in [6, 6.07) is 3.79. The second-order valence-electron chi connectivity index (χ2n) is 2.01. The Morgan fingerprint density at radius 2 is 2.09 bits per heavy atom. The second-order valence-corrected chi connectivity index (χ2v) is 2.46. The molecule has 1 heterocycles. The summed E-state index contributed by atoms with van der Waals surface area (Å²) >= 11 is 4.05. The average molecular weight is 163 g/mol. The van der Waals surface area contributed by atoms with Crippen LogP contribution in [0, 0.1) is 11.8 Å². The first-order valence-electron chi connectivity index (χ1n) is 3.43. The highest BCUT2D eigenvalue weighted by Crippen LogP contribution is 1.92. The predicted molar refractivity (Wildman–Crippen MR) is 49.6 cm³/mol. The Hall–Kier alpha value is -0.940. The fourth-order valence-corrected chi connectivity index (χ4v) is 0.768. The molecule has 0 fully saturated rings. The van der Waals surface area contributed by atoms with Crippen molar-refractivity contribution in [2.75, 3.05) is 5.75 Å². The number of aromatic nitrogens is 1. The molecule has 0 amide bonds. The van der Waals surface area contributed by atoms with Gasteiger partial charge in [0, 0.05) is 30.1 Å². The summed E-state index contributed by atoms with van der Waals surface area (Å²) in [5.74, 6) is 6.82. The maximum absolute atomic E-state index is 4.05. The van der Waals surface area contributed by atoms with Gasteiger partial charge in [-0.25, -0.2) is 0 Å². The summed E-state index contributed by atoms with van der Waals surface area (Å²) in [5.41, 5.74) is 1.02. The van der Waals surface area contributed by atoms with Gasteiger partial charge in [0.25, 0.3) is 0 Å². The van der Waals surface area contributed by atoms with E-state index in [1.807, 2.05) is 12.1 Å². The van der Waals surface area contributed by atoms with Crippen LogP contribution in [0.2, 0.25) is 0 Å². The largest absolute Gasteiger partial charge is 0.265 e. The van der Waals surface area contributed by atoms with Crippen LogP contribution >= 0.6 is 12.6 Å². The van der Waals surface area contributed by atoms with Crippen molar-refractivity contribution in [1.82, 2.24) is 4.98 Å². The van der Waals surface area contributed by atoms with Crippen molar-refractivity contribution >= 4 is 12.6 Å². The first-order valence-corrected chi connectivity index (χ1v) is 4.06. The third-order valence-electron chi connectivity index (χ3n) is 1.15. The molecule has 0 radical (unpaired) electrons. The molecule has 0 aliphatic heterocycles. The van der Waals surface area contributed by atoms with Crippen molar-refractivity contribution in [3.8, 4) is 11.8 Å². The SMILES string of the molecule is SCCC#Cc1ccncc1. The van der Waals surface area contributed by atoms with E-state index in [0.29, 0.717) is 0 Å². The van der Waals surface area contributed by atoms with Crippen LogP contribution in [0.25, 0.3) is 0 Å². The van der Waals surface area contributed by atoms with Crippen LogP contribution in [0.4, 0.5) is 0 Å². The average Bonchev–Trinajstić information content (AvgIpc) is 2.07. The van der Waals surface area contributed by atoms with Crippen molar-refractivity contribution in [3.05, 3.63) is 30.1 Å². The van der Waals surface area contributed by atoms with Gasteiger partial charge < -0.3 is 0 Å². The molecule has 0 aliphatic rings. The van der Waals surface area contributed by atoms with Crippen LogP contribution in [0.1, 0.15) is 12.0 Å². The van der Waals surface area contributed by atoms with Gasteiger partial charge in [-0.05, 0) is 12.1 Å². The highest BCUT2D eigenvalue weighted by atomic mass is 32.1. The molecule has 0 saturated heterocycles. The third kappa shape index (κ3) is 3.10. The van der Waals surface area contributed by atoms with E-state index in [1.54, 1.807) is 12.4 Å². The van der Waals surface area contributed by atoms with Crippen LogP contribution in [0.5, 0.6) is 0 Å². The molecule has 0 aliphatic carbocycles. The lowest BCUT2D eigenvalue weighted by Gasteiger charge is -1.84. The summed E-state index contributed by atoms with van der Waals surface area (Å²) in [4.78, 5) is 3.89. The van der Waals surface area contributed by atoms with Crippen LogP contribution in [-0.4, -0.2) is 10.7 Å². The molecule has 0 N–H and O–H groups in total. The molecule has 56 valence electrons. The fraction of sp³-hybridized carbons (Fsp3) is 0.222. The molecular weight excluding hydrogens is 154 g/mol. The molecule has 0 bridgehead atoms. The van der Waals surface area contributed by atoms with Crippen molar-refractivity contribution in [1.29, 1.82) is 0 Å². The van der Waals surface area contributed by atoms with Gasteiger partial charge in [-0.3, -0.25) is 4.98 Å². The quantitative estimate of drug-likeness (QED) is 0.491. The van der Waals surface area contributed by atoms with Crippen LogP contribution in [-0.2, 0) is 0 Å². The van der Waals surface area contributed by atoms with E-state index >= 15 is 0 Å². The molecule has 2 heteroatoms. The normalized spacial score (nSPS) is 8.45. The van der Waals surface area contributed by atoms with E-state index < -0.39 is 0 Å². The zero-order valence-corrected chi connectivity index (χ0v) is 7.01. The first-order chi connectivity index (χ1) is 5.43. The van der Waals surface area contributed by atoms with Gasteiger partial charge in [0.15, 0.2) is 0 Å². The van der Waals surface area contributed by atoms with Crippen LogP contribution < -0.4 is 0 Å². The first kappa shape index (κ1) is 8.16. The highest BCUT2D eigenvalue weighted by Gasteiger charge is 1.80. The molecular formula is C9H9NS. The molecule has 1 rings (SSSR count). The Morgan fingerprint density at radius 3 is 2.73 bits per heavy atom. The van der Waals surface area contributed by atoms with E-state index in [2.05, 4.69) is 29.5 Å². The molecule has 1 nitrogen and oxygen atoms in total. The minimum absolute atomic E-state index is 0.818. The number of nitrogens with zero attached hydrogens (tertiary/aromatic N) is 1. The van der Waals surface area contributed by atoms with E-state index in [9.17, 15) is 0 Å². The van der Waals surface area contributed by atoms with Gasteiger partial charge >= 0.3 is 0 Å². The second kappa shape index (κ2) is 4.81. The maximum Gasteiger partial charge on any atom is 0.0280 e. The maximum atomic E-state index is 4.05. The molecule has 1 aromatic heterocycles.